The third-order valence-electron chi connectivity index (χ3n) is 3.43. The molecule has 0 saturated heterocycles. The van der Waals surface area contributed by atoms with Crippen LogP contribution in [0.2, 0.25) is 0 Å². The molecular formula is C16H22N4O. The first-order valence-electron chi connectivity index (χ1n) is 7.06. The first kappa shape index (κ1) is 15.3. The molecule has 112 valence electrons. The zero-order chi connectivity index (χ0) is 15.4. The molecule has 0 radical (unpaired) electrons. The largest absolute Gasteiger partial charge is 0.347 e. The molecule has 0 saturated carbocycles. The summed E-state index contributed by atoms with van der Waals surface area (Å²) >= 11 is 0. The van der Waals surface area contributed by atoms with Crippen LogP contribution in [0.3, 0.4) is 0 Å². The molecule has 2 unspecified atom stereocenters. The zero-order valence-electron chi connectivity index (χ0n) is 12.9. The van der Waals surface area contributed by atoms with Gasteiger partial charge in [0.05, 0.1) is 17.9 Å². The van der Waals surface area contributed by atoms with Crippen molar-refractivity contribution in [2.24, 2.45) is 0 Å². The van der Waals surface area contributed by atoms with Gasteiger partial charge in [-0.3, -0.25) is 10.1 Å². The summed E-state index contributed by atoms with van der Waals surface area (Å²) in [6.07, 6.45) is 3.82. The lowest BCUT2D eigenvalue weighted by atomic mass is 10.1. The fraction of sp³-hybridized carbons (Fsp3) is 0.375. The van der Waals surface area contributed by atoms with Gasteiger partial charge in [-0.2, -0.15) is 5.10 Å². The third kappa shape index (κ3) is 3.70. The molecule has 2 rings (SSSR count). The van der Waals surface area contributed by atoms with Crippen molar-refractivity contribution in [2.45, 2.75) is 25.9 Å². The number of likely N-dealkylation sites (N-methyl/N-ethyl adjacent to an activating group) is 1. The molecule has 0 fully saturated rings. The summed E-state index contributed by atoms with van der Waals surface area (Å²) < 4.78 is 1.84. The summed E-state index contributed by atoms with van der Waals surface area (Å²) in [5.74, 6) is 0.0669. The minimum absolute atomic E-state index is 0.0568. The van der Waals surface area contributed by atoms with E-state index in [0.717, 1.165) is 11.3 Å². The van der Waals surface area contributed by atoms with Crippen LogP contribution in [0.1, 0.15) is 25.5 Å². The third-order valence-corrected chi connectivity index (χ3v) is 3.43. The SMILES string of the molecule is CC(NC(C)c1cnn(-c2ccccc2)c1)C(=O)N(C)C. The minimum Gasteiger partial charge on any atom is -0.347 e. The van der Waals surface area contributed by atoms with Crippen molar-refractivity contribution >= 4 is 5.91 Å². The average Bonchev–Trinajstić information content (AvgIpc) is 2.97. The maximum absolute atomic E-state index is 11.9. The molecule has 0 aliphatic carbocycles. The number of hydrogen-bond acceptors (Lipinski definition) is 3. The fourth-order valence-electron chi connectivity index (χ4n) is 2.21. The van der Waals surface area contributed by atoms with Crippen molar-refractivity contribution < 1.29 is 4.79 Å². The normalized spacial score (nSPS) is 13.7. The van der Waals surface area contributed by atoms with Crippen molar-refractivity contribution in [2.75, 3.05) is 14.1 Å². The molecule has 0 bridgehead atoms. The lowest BCUT2D eigenvalue weighted by molar-refractivity contribution is -0.130. The molecule has 1 heterocycles. The minimum atomic E-state index is -0.227. The van der Waals surface area contributed by atoms with Gasteiger partial charge < -0.3 is 4.90 Å². The van der Waals surface area contributed by atoms with E-state index in [-0.39, 0.29) is 18.0 Å². The van der Waals surface area contributed by atoms with Crippen molar-refractivity contribution in [3.05, 3.63) is 48.3 Å². The smallest absolute Gasteiger partial charge is 0.238 e. The van der Waals surface area contributed by atoms with E-state index < -0.39 is 0 Å². The number of carbonyl (C=O) groups excluding carboxylic acids is 1. The predicted octanol–water partition coefficient (Wildman–Crippen LogP) is 2.00. The summed E-state index contributed by atoms with van der Waals surface area (Å²) in [7, 11) is 3.53. The zero-order valence-corrected chi connectivity index (χ0v) is 12.9. The summed E-state index contributed by atoms with van der Waals surface area (Å²) in [6, 6.07) is 9.79. The standard InChI is InChI=1S/C16H22N4O/c1-12(18-13(2)16(21)19(3)4)14-10-17-20(11-14)15-8-6-5-7-9-15/h5-13,18H,1-4H3. The second-order valence-electron chi connectivity index (χ2n) is 5.40. The number of carbonyl (C=O) groups is 1. The van der Waals surface area contributed by atoms with E-state index in [1.807, 2.05) is 61.3 Å². The van der Waals surface area contributed by atoms with E-state index >= 15 is 0 Å². The van der Waals surface area contributed by atoms with Gasteiger partial charge in [0.25, 0.3) is 0 Å². The van der Waals surface area contributed by atoms with Gasteiger partial charge in [0, 0.05) is 31.9 Å². The molecule has 5 nitrogen and oxygen atoms in total. The van der Waals surface area contributed by atoms with Gasteiger partial charge >= 0.3 is 0 Å². The van der Waals surface area contributed by atoms with E-state index in [0.29, 0.717) is 0 Å². The Morgan fingerprint density at radius 3 is 2.52 bits per heavy atom. The number of rotatable bonds is 5. The van der Waals surface area contributed by atoms with Crippen LogP contribution < -0.4 is 5.32 Å². The number of nitrogens with zero attached hydrogens (tertiary/aromatic N) is 3. The van der Waals surface area contributed by atoms with Crippen LogP contribution in [-0.4, -0.2) is 40.7 Å². The second kappa shape index (κ2) is 6.54. The lowest BCUT2D eigenvalue weighted by Crippen LogP contribution is -2.42. The summed E-state index contributed by atoms with van der Waals surface area (Å²) in [4.78, 5) is 13.5. The predicted molar refractivity (Wildman–Crippen MR) is 83.3 cm³/mol. The Kier molecular flexibility index (Phi) is 4.75. The first-order valence-corrected chi connectivity index (χ1v) is 7.06. The summed E-state index contributed by atoms with van der Waals surface area (Å²) in [5, 5.41) is 7.67. The molecule has 1 aromatic carbocycles. The van der Waals surface area contributed by atoms with Crippen molar-refractivity contribution in [1.82, 2.24) is 20.0 Å². The highest BCUT2D eigenvalue weighted by molar-refractivity contribution is 5.80. The highest BCUT2D eigenvalue weighted by Crippen LogP contribution is 2.15. The Morgan fingerprint density at radius 1 is 1.24 bits per heavy atom. The van der Waals surface area contributed by atoms with Gasteiger partial charge in [-0.05, 0) is 26.0 Å². The number of para-hydroxylation sites is 1. The Morgan fingerprint density at radius 2 is 1.90 bits per heavy atom. The van der Waals surface area contributed by atoms with Crippen LogP contribution in [0, 0.1) is 0 Å². The van der Waals surface area contributed by atoms with Crippen LogP contribution in [0.25, 0.3) is 5.69 Å². The number of amides is 1. The van der Waals surface area contributed by atoms with E-state index in [1.54, 1.807) is 19.0 Å². The topological polar surface area (TPSA) is 50.2 Å². The van der Waals surface area contributed by atoms with Gasteiger partial charge in [-0.1, -0.05) is 18.2 Å². The molecule has 0 aliphatic rings. The van der Waals surface area contributed by atoms with Gasteiger partial charge in [-0.25, -0.2) is 4.68 Å². The highest BCUT2D eigenvalue weighted by atomic mass is 16.2. The maximum atomic E-state index is 11.9. The molecule has 2 aromatic rings. The van der Waals surface area contributed by atoms with Gasteiger partial charge in [-0.15, -0.1) is 0 Å². The molecule has 0 aliphatic heterocycles. The van der Waals surface area contributed by atoms with E-state index in [4.69, 9.17) is 0 Å². The van der Waals surface area contributed by atoms with Crippen LogP contribution in [0.15, 0.2) is 42.7 Å². The fourth-order valence-corrected chi connectivity index (χ4v) is 2.21. The van der Waals surface area contributed by atoms with Crippen molar-refractivity contribution in [3.63, 3.8) is 0 Å². The van der Waals surface area contributed by atoms with Crippen LogP contribution in [0.5, 0.6) is 0 Å². The molecule has 21 heavy (non-hydrogen) atoms. The number of hydrogen-bond donors (Lipinski definition) is 1. The summed E-state index contributed by atoms with van der Waals surface area (Å²) in [6.45, 7) is 3.91. The van der Waals surface area contributed by atoms with E-state index in [1.165, 1.54) is 0 Å². The molecule has 2 atom stereocenters. The van der Waals surface area contributed by atoms with Crippen molar-refractivity contribution in [3.8, 4) is 5.69 Å². The van der Waals surface area contributed by atoms with Crippen molar-refractivity contribution in [1.29, 1.82) is 0 Å². The second-order valence-corrected chi connectivity index (χ2v) is 5.40. The Bertz CT molecular complexity index is 591. The highest BCUT2D eigenvalue weighted by Gasteiger charge is 2.18. The molecule has 5 heteroatoms. The molecular weight excluding hydrogens is 264 g/mol. The molecule has 1 amide bonds. The number of benzene rings is 1. The van der Waals surface area contributed by atoms with Gasteiger partial charge in [0.15, 0.2) is 0 Å². The lowest BCUT2D eigenvalue weighted by Gasteiger charge is -2.21. The maximum Gasteiger partial charge on any atom is 0.238 e. The quantitative estimate of drug-likeness (QED) is 0.914. The molecule has 1 aromatic heterocycles. The Labute approximate surface area is 125 Å². The number of nitrogens with one attached hydrogen (secondary N) is 1. The van der Waals surface area contributed by atoms with E-state index in [9.17, 15) is 4.79 Å². The molecule has 0 spiro atoms. The number of aromatic nitrogens is 2. The van der Waals surface area contributed by atoms with E-state index in [2.05, 4.69) is 10.4 Å². The van der Waals surface area contributed by atoms with Gasteiger partial charge in [0.2, 0.25) is 5.91 Å². The monoisotopic (exact) mass is 286 g/mol. The van der Waals surface area contributed by atoms with Gasteiger partial charge in [0.1, 0.15) is 0 Å². The summed E-state index contributed by atoms with van der Waals surface area (Å²) in [5.41, 5.74) is 2.07. The van der Waals surface area contributed by atoms with Crippen LogP contribution >= 0.6 is 0 Å². The van der Waals surface area contributed by atoms with Crippen LogP contribution in [-0.2, 0) is 4.79 Å². The van der Waals surface area contributed by atoms with Crippen LogP contribution in [0.4, 0.5) is 0 Å². The average molecular weight is 286 g/mol. The first-order chi connectivity index (χ1) is 9.99. The Hall–Kier alpha value is -2.14. The Balaban J connectivity index is 2.06. The molecule has 1 N–H and O–H groups in total.